The second-order valence-electron chi connectivity index (χ2n) is 11.7. The van der Waals surface area contributed by atoms with Crippen LogP contribution >= 0.6 is 0 Å². The number of aromatic nitrogens is 2. The molecule has 0 amide bonds. The van der Waals surface area contributed by atoms with E-state index in [1.807, 2.05) is 68.6 Å². The SMILES string of the molecule is Cc1ncc(NC[C@@]2(c3cccc(F)c3)C[C@H]2CCC(C)(C)[Si](O)(c2ccccc2)c2ccccc2)c(C)n1. The van der Waals surface area contributed by atoms with Crippen LogP contribution in [0.1, 0.15) is 50.2 Å². The number of nitrogens with one attached hydrogen (secondary N) is 1. The first kappa shape index (κ1) is 27.2. The topological polar surface area (TPSA) is 58.0 Å². The van der Waals surface area contributed by atoms with Gasteiger partial charge in [-0.15, -0.1) is 0 Å². The molecule has 0 radical (unpaired) electrons. The molecule has 1 aliphatic rings. The summed E-state index contributed by atoms with van der Waals surface area (Å²) in [6.07, 6.45) is 4.63. The van der Waals surface area contributed by atoms with Crippen LogP contribution in [0.2, 0.25) is 5.04 Å². The third-order valence-electron chi connectivity index (χ3n) is 8.81. The number of halogens is 1. The maximum atomic E-state index is 14.4. The van der Waals surface area contributed by atoms with Gasteiger partial charge in [0.15, 0.2) is 0 Å². The van der Waals surface area contributed by atoms with Crippen molar-refractivity contribution in [1.29, 1.82) is 0 Å². The molecular formula is C33H38FN3OSi. The number of aryl methyl sites for hydroxylation is 2. The van der Waals surface area contributed by atoms with Crippen molar-refractivity contribution in [2.45, 2.75) is 57.4 Å². The predicted molar refractivity (Wildman–Crippen MR) is 160 cm³/mol. The molecule has 1 fully saturated rings. The van der Waals surface area contributed by atoms with Gasteiger partial charge in [-0.05, 0) is 72.1 Å². The third-order valence-corrected chi connectivity index (χ3v) is 13.4. The molecule has 4 nitrogen and oxygen atoms in total. The molecule has 5 rings (SSSR count). The molecule has 0 saturated heterocycles. The molecule has 0 spiro atoms. The van der Waals surface area contributed by atoms with E-state index in [2.05, 4.69) is 53.4 Å². The summed E-state index contributed by atoms with van der Waals surface area (Å²) < 4.78 is 14.4. The van der Waals surface area contributed by atoms with E-state index in [1.54, 1.807) is 6.07 Å². The van der Waals surface area contributed by atoms with E-state index in [-0.39, 0.29) is 16.3 Å². The Morgan fingerprint density at radius 2 is 1.62 bits per heavy atom. The molecule has 3 aromatic carbocycles. The molecule has 0 aliphatic heterocycles. The van der Waals surface area contributed by atoms with E-state index in [0.29, 0.717) is 12.5 Å². The van der Waals surface area contributed by atoms with Crippen molar-refractivity contribution in [2.24, 2.45) is 5.92 Å². The van der Waals surface area contributed by atoms with E-state index in [4.69, 9.17) is 0 Å². The minimum Gasteiger partial charge on any atom is -0.424 e. The zero-order valence-corrected chi connectivity index (χ0v) is 24.3. The highest BCUT2D eigenvalue weighted by atomic mass is 28.4. The second kappa shape index (κ2) is 10.7. The summed E-state index contributed by atoms with van der Waals surface area (Å²) in [7, 11) is -3.08. The van der Waals surface area contributed by atoms with E-state index < -0.39 is 8.32 Å². The molecule has 0 unspecified atom stereocenters. The lowest BCUT2D eigenvalue weighted by Gasteiger charge is -2.41. The summed E-state index contributed by atoms with van der Waals surface area (Å²) in [6.45, 7) is 9.00. The highest BCUT2D eigenvalue weighted by Gasteiger charge is 2.56. The zero-order chi connectivity index (χ0) is 27.7. The number of anilines is 1. The summed E-state index contributed by atoms with van der Waals surface area (Å²) in [5.41, 5.74) is 2.69. The molecule has 6 heteroatoms. The van der Waals surface area contributed by atoms with Gasteiger partial charge in [-0.2, -0.15) is 0 Å². The molecule has 1 heterocycles. The monoisotopic (exact) mass is 539 g/mol. The lowest BCUT2D eigenvalue weighted by Crippen LogP contribution is -2.65. The van der Waals surface area contributed by atoms with Crippen molar-refractivity contribution in [3.63, 3.8) is 0 Å². The molecule has 39 heavy (non-hydrogen) atoms. The summed E-state index contributed by atoms with van der Waals surface area (Å²) in [6, 6.07) is 27.4. The summed E-state index contributed by atoms with van der Waals surface area (Å²) in [5, 5.41) is 5.33. The van der Waals surface area contributed by atoms with Gasteiger partial charge in [0.25, 0.3) is 8.32 Å². The minimum absolute atomic E-state index is 0.172. The maximum absolute atomic E-state index is 14.4. The quantitative estimate of drug-likeness (QED) is 0.246. The van der Waals surface area contributed by atoms with E-state index in [0.717, 1.165) is 52.4 Å². The molecule has 202 valence electrons. The fourth-order valence-electron chi connectivity index (χ4n) is 6.26. The Morgan fingerprint density at radius 3 is 2.21 bits per heavy atom. The van der Waals surface area contributed by atoms with Crippen molar-refractivity contribution in [1.82, 2.24) is 9.97 Å². The Kier molecular flexibility index (Phi) is 7.44. The van der Waals surface area contributed by atoms with Crippen LogP contribution in [0, 0.1) is 25.6 Å². The molecule has 1 aromatic heterocycles. The first-order chi connectivity index (χ1) is 18.7. The largest absolute Gasteiger partial charge is 0.424 e. The first-order valence-corrected chi connectivity index (χ1v) is 15.7. The Balaban J connectivity index is 1.40. The third kappa shape index (κ3) is 5.28. The highest BCUT2D eigenvalue weighted by molar-refractivity contribution is 6.98. The molecule has 2 N–H and O–H groups in total. The average molecular weight is 540 g/mol. The fourth-order valence-corrected chi connectivity index (χ4v) is 10.0. The smallest absolute Gasteiger partial charge is 0.258 e. The summed E-state index contributed by atoms with van der Waals surface area (Å²) in [5.74, 6) is 0.920. The Labute approximate surface area is 232 Å². The van der Waals surface area contributed by atoms with Crippen molar-refractivity contribution in [2.75, 3.05) is 11.9 Å². The van der Waals surface area contributed by atoms with E-state index in [1.165, 1.54) is 6.07 Å². The van der Waals surface area contributed by atoms with Crippen molar-refractivity contribution >= 4 is 24.4 Å². The van der Waals surface area contributed by atoms with Gasteiger partial charge in [0.05, 0.1) is 17.6 Å². The summed E-state index contributed by atoms with van der Waals surface area (Å²) >= 11 is 0. The first-order valence-electron chi connectivity index (χ1n) is 13.8. The van der Waals surface area contributed by atoms with Crippen molar-refractivity contribution in [3.8, 4) is 0 Å². The minimum atomic E-state index is -3.08. The number of benzene rings is 3. The lowest BCUT2D eigenvalue weighted by molar-refractivity contribution is 0.437. The van der Waals surface area contributed by atoms with E-state index in [9.17, 15) is 9.19 Å². The van der Waals surface area contributed by atoms with Crippen LogP contribution in [-0.2, 0) is 5.41 Å². The molecule has 1 aliphatic carbocycles. The van der Waals surface area contributed by atoms with Gasteiger partial charge >= 0.3 is 0 Å². The molecule has 1 saturated carbocycles. The number of hydrogen-bond donors (Lipinski definition) is 2. The normalized spacial score (nSPS) is 19.1. The number of hydrogen-bond acceptors (Lipinski definition) is 4. The van der Waals surface area contributed by atoms with Crippen molar-refractivity contribution < 1.29 is 9.19 Å². The van der Waals surface area contributed by atoms with Gasteiger partial charge in [0.2, 0.25) is 0 Å². The van der Waals surface area contributed by atoms with Crippen LogP contribution in [0.25, 0.3) is 0 Å². The Hall–Kier alpha value is -3.35. The standard InChI is InChI=1S/C33H38FN3OSi/c1-24-31(22-35-25(2)37-24)36-23-33(26-12-11-13-28(34)20-26)21-27(33)18-19-32(3,4)39(38,29-14-7-5-8-15-29)30-16-9-6-10-17-30/h5-17,20,22,27,36,38H,18-19,21,23H2,1-4H3/t27-,33-/m1/s1. The fraction of sp³-hybridized carbons (Fsp3) is 0.333. The van der Waals surface area contributed by atoms with Crippen molar-refractivity contribution in [3.05, 3.63) is 114 Å². The second-order valence-corrected chi connectivity index (χ2v) is 15.6. The molecular weight excluding hydrogens is 501 g/mol. The van der Waals surface area contributed by atoms with Crippen LogP contribution in [-0.4, -0.2) is 29.6 Å². The van der Waals surface area contributed by atoms with Crippen LogP contribution < -0.4 is 15.7 Å². The van der Waals surface area contributed by atoms with Crippen LogP contribution in [0.15, 0.2) is 91.1 Å². The highest BCUT2D eigenvalue weighted by Crippen LogP contribution is 2.58. The van der Waals surface area contributed by atoms with Crippen LogP contribution in [0.5, 0.6) is 0 Å². The molecule has 0 bridgehead atoms. The number of rotatable bonds is 10. The maximum Gasteiger partial charge on any atom is 0.258 e. The number of nitrogens with zero attached hydrogens (tertiary/aromatic N) is 2. The van der Waals surface area contributed by atoms with Gasteiger partial charge in [0.1, 0.15) is 11.6 Å². The molecule has 4 aromatic rings. The van der Waals surface area contributed by atoms with Gasteiger partial charge < -0.3 is 10.1 Å². The van der Waals surface area contributed by atoms with Gasteiger partial charge in [-0.25, -0.2) is 14.4 Å². The van der Waals surface area contributed by atoms with Crippen LogP contribution in [0.4, 0.5) is 10.1 Å². The zero-order valence-electron chi connectivity index (χ0n) is 23.3. The van der Waals surface area contributed by atoms with E-state index >= 15 is 0 Å². The Bertz CT molecular complexity index is 1390. The average Bonchev–Trinajstić information content (AvgIpc) is 3.66. The van der Waals surface area contributed by atoms with Crippen LogP contribution in [0.3, 0.4) is 0 Å². The predicted octanol–water partition coefficient (Wildman–Crippen LogP) is 5.91. The Morgan fingerprint density at radius 1 is 0.974 bits per heavy atom. The van der Waals surface area contributed by atoms with Gasteiger partial charge in [0, 0.05) is 12.0 Å². The van der Waals surface area contributed by atoms with Gasteiger partial charge in [-0.3, -0.25) is 0 Å². The lowest BCUT2D eigenvalue weighted by atomic mass is 9.90. The van der Waals surface area contributed by atoms with Gasteiger partial charge in [-0.1, -0.05) is 86.6 Å². The summed E-state index contributed by atoms with van der Waals surface area (Å²) in [4.78, 5) is 21.4. The molecule has 2 atom stereocenters.